The Kier molecular flexibility index (Phi) is 3.77. The van der Waals surface area contributed by atoms with Crippen LogP contribution in [0.3, 0.4) is 0 Å². The summed E-state index contributed by atoms with van der Waals surface area (Å²) in [4.78, 5) is 11.4. The monoisotopic (exact) mass is 389 g/mol. The topological polar surface area (TPSA) is 38.2 Å². The van der Waals surface area contributed by atoms with Gasteiger partial charge in [-0.2, -0.15) is 0 Å². The molecule has 0 saturated carbocycles. The number of halogens is 2. The van der Waals surface area contributed by atoms with Crippen molar-refractivity contribution in [3.05, 3.63) is 26.5 Å². The highest BCUT2D eigenvalue weighted by Gasteiger charge is 2.18. The molecule has 4 nitrogen and oxygen atoms in total. The Balaban J connectivity index is 2.21. The number of ether oxygens (including phenoxy) is 1. The van der Waals surface area contributed by atoms with Crippen LogP contribution in [-0.2, 0) is 4.74 Å². The summed E-state index contributed by atoms with van der Waals surface area (Å²) >= 11 is 8.44. The molecule has 19 heavy (non-hydrogen) atoms. The number of nitrogens with zero attached hydrogens (tertiary/aromatic N) is 3. The third kappa shape index (κ3) is 2.64. The molecular formula is C13H13ClIN3O. The summed E-state index contributed by atoms with van der Waals surface area (Å²) in [6, 6.07) is 3.88. The number of benzene rings is 1. The molecule has 0 aliphatic carbocycles. The van der Waals surface area contributed by atoms with E-state index >= 15 is 0 Å². The van der Waals surface area contributed by atoms with Gasteiger partial charge in [0.25, 0.3) is 0 Å². The van der Waals surface area contributed by atoms with Crippen molar-refractivity contribution in [3.63, 3.8) is 0 Å². The van der Waals surface area contributed by atoms with Crippen LogP contribution in [0.1, 0.15) is 5.82 Å². The van der Waals surface area contributed by atoms with Gasteiger partial charge in [-0.15, -0.1) is 0 Å². The third-order valence-corrected chi connectivity index (χ3v) is 4.16. The third-order valence-electron chi connectivity index (χ3n) is 3.12. The van der Waals surface area contributed by atoms with Crippen LogP contribution in [-0.4, -0.2) is 36.3 Å². The fraction of sp³-hybridized carbons (Fsp3) is 0.385. The van der Waals surface area contributed by atoms with Crippen LogP contribution in [0.25, 0.3) is 10.9 Å². The Morgan fingerprint density at radius 2 is 2.00 bits per heavy atom. The minimum atomic E-state index is 0.721. The van der Waals surface area contributed by atoms with Gasteiger partial charge in [-0.05, 0) is 41.6 Å². The molecule has 1 saturated heterocycles. The summed E-state index contributed by atoms with van der Waals surface area (Å²) in [5.74, 6) is 1.75. The summed E-state index contributed by atoms with van der Waals surface area (Å²) in [5, 5.41) is 1.74. The van der Waals surface area contributed by atoms with Crippen molar-refractivity contribution >= 4 is 50.9 Å². The average molecular weight is 390 g/mol. The zero-order valence-corrected chi connectivity index (χ0v) is 13.4. The molecule has 100 valence electrons. The van der Waals surface area contributed by atoms with E-state index in [1.54, 1.807) is 0 Å². The molecule has 1 aromatic heterocycles. The molecule has 2 aromatic rings. The van der Waals surface area contributed by atoms with Crippen molar-refractivity contribution in [2.75, 3.05) is 31.2 Å². The second kappa shape index (κ2) is 5.38. The summed E-state index contributed by atoms with van der Waals surface area (Å²) < 4.78 is 6.45. The first-order valence-electron chi connectivity index (χ1n) is 6.11. The Bertz CT molecular complexity index is 629. The first kappa shape index (κ1) is 13.3. The molecule has 1 aliphatic heterocycles. The Hall–Kier alpha value is -0.660. The summed E-state index contributed by atoms with van der Waals surface area (Å²) in [6.45, 7) is 5.11. The molecule has 1 aliphatic rings. The van der Waals surface area contributed by atoms with Gasteiger partial charge in [-0.3, -0.25) is 0 Å². The summed E-state index contributed by atoms with van der Waals surface area (Å²) in [7, 11) is 0. The first-order chi connectivity index (χ1) is 9.15. The highest BCUT2D eigenvalue weighted by atomic mass is 127. The highest BCUT2D eigenvalue weighted by Crippen LogP contribution is 2.30. The van der Waals surface area contributed by atoms with Gasteiger partial charge in [0.1, 0.15) is 11.6 Å². The zero-order valence-electron chi connectivity index (χ0n) is 10.5. The maximum absolute atomic E-state index is 6.17. The number of aromatic nitrogens is 2. The number of hydrogen-bond acceptors (Lipinski definition) is 4. The average Bonchev–Trinajstić information content (AvgIpc) is 2.40. The summed E-state index contributed by atoms with van der Waals surface area (Å²) in [5.41, 5.74) is 0.971. The van der Waals surface area contributed by atoms with E-state index in [1.807, 2.05) is 19.1 Å². The molecule has 0 amide bonds. The van der Waals surface area contributed by atoms with Gasteiger partial charge in [0, 0.05) is 27.1 Å². The molecule has 0 unspecified atom stereocenters. The molecule has 0 radical (unpaired) electrons. The lowest BCUT2D eigenvalue weighted by Gasteiger charge is -2.29. The van der Waals surface area contributed by atoms with E-state index in [4.69, 9.17) is 16.3 Å². The second-order valence-corrected chi connectivity index (χ2v) is 6.08. The Morgan fingerprint density at radius 1 is 1.26 bits per heavy atom. The van der Waals surface area contributed by atoms with Crippen molar-refractivity contribution in [1.82, 2.24) is 9.97 Å². The van der Waals surface area contributed by atoms with E-state index in [1.165, 1.54) is 0 Å². The van der Waals surface area contributed by atoms with Gasteiger partial charge in [-0.25, -0.2) is 9.97 Å². The smallest absolute Gasteiger partial charge is 0.140 e. The predicted molar refractivity (Wildman–Crippen MR) is 85.0 cm³/mol. The minimum absolute atomic E-state index is 0.721. The number of rotatable bonds is 1. The lowest BCUT2D eigenvalue weighted by molar-refractivity contribution is 0.122. The van der Waals surface area contributed by atoms with E-state index in [2.05, 4.69) is 37.5 Å². The lowest BCUT2D eigenvalue weighted by atomic mass is 10.2. The number of fused-ring (bicyclic) bond motifs is 1. The molecule has 0 N–H and O–H groups in total. The fourth-order valence-electron chi connectivity index (χ4n) is 2.27. The van der Waals surface area contributed by atoms with Gasteiger partial charge in [-0.1, -0.05) is 11.6 Å². The van der Waals surface area contributed by atoms with Crippen LogP contribution < -0.4 is 4.90 Å². The number of anilines is 1. The molecule has 0 bridgehead atoms. The highest BCUT2D eigenvalue weighted by molar-refractivity contribution is 14.1. The predicted octanol–water partition coefficient (Wildman–Crippen LogP) is 3.03. The van der Waals surface area contributed by atoms with Gasteiger partial charge in [0.2, 0.25) is 0 Å². The van der Waals surface area contributed by atoms with E-state index < -0.39 is 0 Å². The van der Waals surface area contributed by atoms with Crippen LogP contribution in [0.2, 0.25) is 5.02 Å². The fourth-order valence-corrected chi connectivity index (χ4v) is 3.42. The van der Waals surface area contributed by atoms with Crippen LogP contribution >= 0.6 is 34.2 Å². The van der Waals surface area contributed by atoms with E-state index in [-0.39, 0.29) is 0 Å². The normalized spacial score (nSPS) is 16.1. The minimum Gasteiger partial charge on any atom is -0.378 e. The number of hydrogen-bond donors (Lipinski definition) is 0. The Morgan fingerprint density at radius 3 is 2.74 bits per heavy atom. The number of aryl methyl sites for hydroxylation is 1. The molecular weight excluding hydrogens is 377 g/mol. The zero-order chi connectivity index (χ0) is 13.4. The number of morpholine rings is 1. The van der Waals surface area contributed by atoms with E-state index in [9.17, 15) is 0 Å². The second-order valence-electron chi connectivity index (χ2n) is 4.48. The van der Waals surface area contributed by atoms with Crippen molar-refractivity contribution in [2.45, 2.75) is 6.92 Å². The molecule has 0 spiro atoms. The van der Waals surface area contributed by atoms with Gasteiger partial charge >= 0.3 is 0 Å². The van der Waals surface area contributed by atoms with Gasteiger partial charge in [0.15, 0.2) is 0 Å². The first-order valence-corrected chi connectivity index (χ1v) is 7.57. The van der Waals surface area contributed by atoms with Gasteiger partial charge in [0.05, 0.1) is 18.7 Å². The molecule has 1 aromatic carbocycles. The van der Waals surface area contributed by atoms with Crippen LogP contribution in [0, 0.1) is 10.5 Å². The lowest BCUT2D eigenvalue weighted by Crippen LogP contribution is -2.37. The van der Waals surface area contributed by atoms with Crippen LogP contribution in [0.15, 0.2) is 12.1 Å². The largest absolute Gasteiger partial charge is 0.378 e. The van der Waals surface area contributed by atoms with E-state index in [0.717, 1.165) is 57.4 Å². The van der Waals surface area contributed by atoms with Crippen LogP contribution in [0.5, 0.6) is 0 Å². The Labute approximate surface area is 130 Å². The van der Waals surface area contributed by atoms with Crippen LogP contribution in [0.4, 0.5) is 5.82 Å². The summed E-state index contributed by atoms with van der Waals surface area (Å²) in [6.07, 6.45) is 0. The maximum atomic E-state index is 6.17. The molecule has 6 heteroatoms. The van der Waals surface area contributed by atoms with Crippen molar-refractivity contribution in [2.24, 2.45) is 0 Å². The SMILES string of the molecule is Cc1nc(N2CCOCC2)c2cc(Cl)cc(I)c2n1. The molecule has 2 heterocycles. The standard InChI is InChI=1S/C13H13ClIN3O/c1-8-16-12-10(6-9(14)7-11(12)15)13(17-8)18-2-4-19-5-3-18/h6-7H,2-5H2,1H3. The molecule has 1 fully saturated rings. The van der Waals surface area contributed by atoms with Crippen molar-refractivity contribution in [1.29, 1.82) is 0 Å². The quantitative estimate of drug-likeness (QED) is 0.703. The molecule has 0 atom stereocenters. The molecule has 3 rings (SSSR count). The van der Waals surface area contributed by atoms with Crippen molar-refractivity contribution in [3.8, 4) is 0 Å². The van der Waals surface area contributed by atoms with E-state index in [0.29, 0.717) is 0 Å². The maximum Gasteiger partial charge on any atom is 0.140 e. The van der Waals surface area contributed by atoms with Gasteiger partial charge < -0.3 is 9.64 Å². The van der Waals surface area contributed by atoms with Crippen molar-refractivity contribution < 1.29 is 4.74 Å².